The lowest BCUT2D eigenvalue weighted by atomic mass is 10.0. The lowest BCUT2D eigenvalue weighted by Gasteiger charge is -2.12. The van der Waals surface area contributed by atoms with Gasteiger partial charge in [-0.15, -0.1) is 0 Å². The first-order valence-corrected chi connectivity index (χ1v) is 4.42. The van der Waals surface area contributed by atoms with Gasteiger partial charge in [0.2, 0.25) is 0 Å². The van der Waals surface area contributed by atoms with Crippen LogP contribution in [-0.2, 0) is 9.59 Å². The van der Waals surface area contributed by atoms with E-state index in [-0.39, 0.29) is 5.41 Å². The Morgan fingerprint density at radius 1 is 1.38 bits per heavy atom. The van der Waals surface area contributed by atoms with Crippen molar-refractivity contribution in [3.8, 4) is 0 Å². The zero-order valence-electron chi connectivity index (χ0n) is 7.72. The van der Waals surface area contributed by atoms with Gasteiger partial charge in [-0.25, -0.2) is 5.84 Å². The summed E-state index contributed by atoms with van der Waals surface area (Å²) in [6.07, 6.45) is 3.31. The fourth-order valence-corrected chi connectivity index (χ4v) is 1.25. The molecule has 1 rings (SSSR count). The molecule has 1 aliphatic carbocycles. The Hall–Kier alpha value is -1.10. The Labute approximate surface area is 77.0 Å². The number of nitrogens with one attached hydrogen (secondary N) is 2. The minimum absolute atomic E-state index is 0.255. The molecule has 0 bridgehead atoms. The van der Waals surface area contributed by atoms with Crippen LogP contribution < -0.4 is 16.6 Å². The van der Waals surface area contributed by atoms with Crippen LogP contribution in [0.15, 0.2) is 0 Å². The second kappa shape index (κ2) is 3.74. The van der Waals surface area contributed by atoms with Crippen molar-refractivity contribution in [2.24, 2.45) is 11.3 Å². The van der Waals surface area contributed by atoms with E-state index >= 15 is 0 Å². The maximum absolute atomic E-state index is 11.0. The van der Waals surface area contributed by atoms with Crippen molar-refractivity contribution in [2.75, 3.05) is 6.54 Å². The highest BCUT2D eigenvalue weighted by Gasteiger charge is 2.40. The molecule has 0 atom stereocenters. The Morgan fingerprint density at radius 2 is 2.00 bits per heavy atom. The van der Waals surface area contributed by atoms with Gasteiger partial charge in [-0.3, -0.25) is 15.0 Å². The largest absolute Gasteiger partial charge is 0.347 e. The molecule has 13 heavy (non-hydrogen) atoms. The van der Waals surface area contributed by atoms with Gasteiger partial charge in [-0.1, -0.05) is 6.92 Å². The van der Waals surface area contributed by atoms with Gasteiger partial charge in [0.25, 0.3) is 0 Å². The van der Waals surface area contributed by atoms with E-state index in [2.05, 4.69) is 12.2 Å². The fourth-order valence-electron chi connectivity index (χ4n) is 1.25. The minimum Gasteiger partial charge on any atom is -0.347 e. The van der Waals surface area contributed by atoms with E-state index in [0.717, 1.165) is 19.3 Å². The van der Waals surface area contributed by atoms with Gasteiger partial charge in [0.05, 0.1) is 0 Å². The average molecular weight is 185 g/mol. The summed E-state index contributed by atoms with van der Waals surface area (Å²) < 4.78 is 0. The van der Waals surface area contributed by atoms with Crippen molar-refractivity contribution in [3.63, 3.8) is 0 Å². The Balaban J connectivity index is 2.26. The van der Waals surface area contributed by atoms with Gasteiger partial charge in [0.15, 0.2) is 0 Å². The Morgan fingerprint density at radius 3 is 2.38 bits per heavy atom. The summed E-state index contributed by atoms with van der Waals surface area (Å²) in [5.74, 6) is 3.36. The van der Waals surface area contributed by atoms with Gasteiger partial charge in [0, 0.05) is 6.54 Å². The molecular formula is C8H15N3O2. The molecule has 1 saturated carbocycles. The molecule has 0 radical (unpaired) electrons. The quantitative estimate of drug-likeness (QED) is 0.235. The summed E-state index contributed by atoms with van der Waals surface area (Å²) in [6.45, 7) is 2.66. The average Bonchev–Trinajstić information content (AvgIpc) is 2.93. The highest BCUT2D eigenvalue weighted by Crippen LogP contribution is 2.47. The first kappa shape index (κ1) is 9.98. The standard InChI is InChI=1S/C8H15N3O2/c1-2-8(3-4-8)5-10-6(12)7(13)11-9/h2-5,9H2,1H3,(H,10,12)(H,11,13). The molecule has 0 aromatic heterocycles. The number of carbonyl (C=O) groups is 2. The molecule has 5 heteroatoms. The van der Waals surface area contributed by atoms with E-state index in [1.807, 2.05) is 0 Å². The van der Waals surface area contributed by atoms with Crippen molar-refractivity contribution in [1.29, 1.82) is 0 Å². The van der Waals surface area contributed by atoms with Crippen LogP contribution in [0.4, 0.5) is 0 Å². The van der Waals surface area contributed by atoms with E-state index in [1.54, 1.807) is 5.43 Å². The molecule has 2 amide bonds. The molecule has 4 N–H and O–H groups in total. The number of nitrogens with two attached hydrogens (primary N) is 1. The van der Waals surface area contributed by atoms with Crippen LogP contribution in [0.2, 0.25) is 0 Å². The Kier molecular flexibility index (Phi) is 2.87. The minimum atomic E-state index is -0.785. The maximum Gasteiger partial charge on any atom is 0.323 e. The van der Waals surface area contributed by atoms with Gasteiger partial charge in [-0.2, -0.15) is 0 Å². The first-order valence-electron chi connectivity index (χ1n) is 4.42. The summed E-state index contributed by atoms with van der Waals surface area (Å²) in [5, 5.41) is 2.56. The van der Waals surface area contributed by atoms with E-state index in [1.165, 1.54) is 0 Å². The molecule has 0 aliphatic heterocycles. The second-order valence-corrected chi connectivity index (χ2v) is 3.51. The van der Waals surface area contributed by atoms with Gasteiger partial charge in [-0.05, 0) is 24.7 Å². The maximum atomic E-state index is 11.0. The molecular weight excluding hydrogens is 170 g/mol. The van der Waals surface area contributed by atoms with Gasteiger partial charge >= 0.3 is 11.8 Å². The van der Waals surface area contributed by atoms with Crippen LogP contribution in [0.5, 0.6) is 0 Å². The molecule has 74 valence electrons. The van der Waals surface area contributed by atoms with E-state index in [9.17, 15) is 9.59 Å². The number of amides is 2. The zero-order chi connectivity index (χ0) is 9.90. The third kappa shape index (κ3) is 2.42. The van der Waals surface area contributed by atoms with E-state index < -0.39 is 11.8 Å². The van der Waals surface area contributed by atoms with Crippen LogP contribution in [-0.4, -0.2) is 18.4 Å². The molecule has 0 heterocycles. The van der Waals surface area contributed by atoms with Crippen molar-refractivity contribution in [2.45, 2.75) is 26.2 Å². The molecule has 1 fully saturated rings. The number of carbonyl (C=O) groups excluding carboxylic acids is 2. The summed E-state index contributed by atoms with van der Waals surface area (Å²) in [5.41, 5.74) is 2.04. The predicted octanol–water partition coefficient (Wildman–Crippen LogP) is -0.717. The van der Waals surface area contributed by atoms with Crippen molar-refractivity contribution < 1.29 is 9.59 Å². The zero-order valence-corrected chi connectivity index (χ0v) is 7.72. The molecule has 1 aliphatic rings. The molecule has 0 aromatic carbocycles. The third-order valence-corrected chi connectivity index (χ3v) is 2.67. The lowest BCUT2D eigenvalue weighted by Crippen LogP contribution is -2.44. The Bertz CT molecular complexity index is 223. The molecule has 5 nitrogen and oxygen atoms in total. The normalized spacial score (nSPS) is 17.7. The molecule has 0 saturated heterocycles. The summed E-state index contributed by atoms with van der Waals surface area (Å²) in [4.78, 5) is 21.7. The topological polar surface area (TPSA) is 84.2 Å². The van der Waals surface area contributed by atoms with Crippen molar-refractivity contribution >= 4 is 11.8 Å². The summed E-state index contributed by atoms with van der Waals surface area (Å²) in [6, 6.07) is 0. The second-order valence-electron chi connectivity index (χ2n) is 3.51. The van der Waals surface area contributed by atoms with Crippen LogP contribution in [0, 0.1) is 5.41 Å². The number of rotatable bonds is 3. The highest BCUT2D eigenvalue weighted by atomic mass is 16.2. The fraction of sp³-hybridized carbons (Fsp3) is 0.750. The summed E-state index contributed by atoms with van der Waals surface area (Å²) in [7, 11) is 0. The smallest absolute Gasteiger partial charge is 0.323 e. The lowest BCUT2D eigenvalue weighted by molar-refractivity contribution is -0.139. The molecule has 0 unspecified atom stereocenters. The van der Waals surface area contributed by atoms with E-state index in [4.69, 9.17) is 5.84 Å². The van der Waals surface area contributed by atoms with Crippen LogP contribution in [0.3, 0.4) is 0 Å². The molecule has 0 spiro atoms. The van der Waals surface area contributed by atoms with Gasteiger partial charge in [0.1, 0.15) is 0 Å². The third-order valence-electron chi connectivity index (χ3n) is 2.67. The number of hydrogen-bond acceptors (Lipinski definition) is 3. The first-order chi connectivity index (χ1) is 6.13. The van der Waals surface area contributed by atoms with Crippen molar-refractivity contribution in [1.82, 2.24) is 10.7 Å². The SMILES string of the molecule is CCC1(CNC(=O)C(=O)NN)CC1. The van der Waals surface area contributed by atoms with Crippen LogP contribution in [0.1, 0.15) is 26.2 Å². The van der Waals surface area contributed by atoms with E-state index in [0.29, 0.717) is 6.54 Å². The monoisotopic (exact) mass is 185 g/mol. The molecule has 0 aromatic rings. The predicted molar refractivity (Wildman–Crippen MR) is 47.3 cm³/mol. The highest BCUT2D eigenvalue weighted by molar-refractivity contribution is 6.34. The number of hydrogen-bond donors (Lipinski definition) is 3. The van der Waals surface area contributed by atoms with Crippen LogP contribution in [0.25, 0.3) is 0 Å². The van der Waals surface area contributed by atoms with Crippen molar-refractivity contribution in [3.05, 3.63) is 0 Å². The van der Waals surface area contributed by atoms with Gasteiger partial charge < -0.3 is 5.32 Å². The van der Waals surface area contributed by atoms with Crippen LogP contribution >= 0.6 is 0 Å². The number of hydrazine groups is 1. The summed E-state index contributed by atoms with van der Waals surface area (Å²) >= 11 is 0.